The Bertz CT molecular complexity index is 937. The average molecular weight is 635 g/mol. The van der Waals surface area contributed by atoms with Crippen molar-refractivity contribution in [2.24, 2.45) is 0 Å². The molecule has 0 aromatic carbocycles. The Morgan fingerprint density at radius 1 is 1.27 bits per heavy atom. The van der Waals surface area contributed by atoms with Crippen molar-refractivity contribution < 1.29 is 23.1 Å². The van der Waals surface area contributed by atoms with Gasteiger partial charge in [-0.1, -0.05) is 47.8 Å². The number of rotatable bonds is 6. The van der Waals surface area contributed by atoms with E-state index >= 15 is 0 Å². The summed E-state index contributed by atoms with van der Waals surface area (Å²) in [6.07, 6.45) is 2.63. The topological polar surface area (TPSA) is 127 Å². The SMILES string of the molecule is Nc1ncnc2c1ncn2[C@H]1CC(OP(=O)(OCC(Br)(Br)Br)N2CCOCC2)CO1. The number of nitrogens with two attached hydrogens (primary N) is 1. The van der Waals surface area contributed by atoms with Crippen LogP contribution in [0.25, 0.3) is 11.2 Å². The molecule has 2 aromatic rings. The van der Waals surface area contributed by atoms with Crippen LogP contribution in [0.2, 0.25) is 0 Å². The van der Waals surface area contributed by atoms with E-state index in [1.807, 2.05) is 0 Å². The summed E-state index contributed by atoms with van der Waals surface area (Å²) in [6, 6.07) is 0. The Hall–Kier alpha value is -0.180. The van der Waals surface area contributed by atoms with Crippen molar-refractivity contribution >= 4 is 72.5 Å². The number of hydrogen-bond donors (Lipinski definition) is 1. The quantitative estimate of drug-likeness (QED) is 0.374. The van der Waals surface area contributed by atoms with Crippen LogP contribution in [-0.4, -0.2) is 72.0 Å². The maximum Gasteiger partial charge on any atom is 0.408 e. The van der Waals surface area contributed by atoms with E-state index in [1.165, 1.54) is 6.33 Å². The van der Waals surface area contributed by atoms with E-state index in [2.05, 4.69) is 62.7 Å². The highest BCUT2D eigenvalue weighted by Crippen LogP contribution is 2.56. The molecule has 2 aliphatic heterocycles. The zero-order chi connectivity index (χ0) is 21.4. The average Bonchev–Trinajstić information content (AvgIpc) is 3.34. The number of nitrogens with zero attached hydrogens (tertiary/aromatic N) is 5. The lowest BCUT2D eigenvalue weighted by Gasteiger charge is -2.34. The minimum absolute atomic E-state index is 0.0704. The Labute approximate surface area is 198 Å². The lowest BCUT2D eigenvalue weighted by molar-refractivity contribution is 0.0338. The van der Waals surface area contributed by atoms with Gasteiger partial charge >= 0.3 is 7.75 Å². The van der Waals surface area contributed by atoms with Crippen LogP contribution in [-0.2, 0) is 23.1 Å². The third-order valence-electron chi connectivity index (χ3n) is 4.64. The number of ether oxygens (including phenoxy) is 2. The van der Waals surface area contributed by atoms with Gasteiger partial charge in [-0.2, -0.15) is 0 Å². The zero-order valence-electron chi connectivity index (χ0n) is 15.7. The summed E-state index contributed by atoms with van der Waals surface area (Å²) >= 11 is 10.1. The van der Waals surface area contributed by atoms with Crippen LogP contribution in [0.1, 0.15) is 12.6 Å². The van der Waals surface area contributed by atoms with Crippen molar-refractivity contribution in [1.82, 2.24) is 24.2 Å². The molecule has 2 aliphatic rings. The van der Waals surface area contributed by atoms with Crippen LogP contribution >= 0.6 is 55.5 Å². The summed E-state index contributed by atoms with van der Waals surface area (Å²) in [5, 5.41) is 0. The van der Waals surface area contributed by atoms with Gasteiger partial charge in [0, 0.05) is 19.5 Å². The van der Waals surface area contributed by atoms with Gasteiger partial charge in [-0.25, -0.2) is 24.2 Å². The van der Waals surface area contributed by atoms with Gasteiger partial charge in [-0.3, -0.25) is 13.6 Å². The Morgan fingerprint density at radius 3 is 2.77 bits per heavy atom. The van der Waals surface area contributed by atoms with Crippen LogP contribution < -0.4 is 5.73 Å². The summed E-state index contributed by atoms with van der Waals surface area (Å²) in [7, 11) is -3.59. The molecule has 0 saturated carbocycles. The molecule has 3 atom stereocenters. The van der Waals surface area contributed by atoms with E-state index in [1.54, 1.807) is 15.6 Å². The molecule has 4 heterocycles. The molecular formula is C15H20Br3N6O5P. The van der Waals surface area contributed by atoms with Crippen molar-refractivity contribution in [3.63, 3.8) is 0 Å². The summed E-state index contributed by atoms with van der Waals surface area (Å²) in [4.78, 5) is 12.5. The van der Waals surface area contributed by atoms with Crippen LogP contribution in [0, 0.1) is 0 Å². The minimum atomic E-state index is -3.59. The minimum Gasteiger partial charge on any atom is -0.382 e. The van der Waals surface area contributed by atoms with E-state index in [0.29, 0.717) is 49.7 Å². The predicted molar refractivity (Wildman–Crippen MR) is 120 cm³/mol. The molecule has 15 heteroatoms. The molecule has 2 saturated heterocycles. The third kappa shape index (κ3) is 5.24. The predicted octanol–water partition coefficient (Wildman–Crippen LogP) is 3.01. The van der Waals surface area contributed by atoms with Crippen molar-refractivity contribution in [1.29, 1.82) is 0 Å². The highest BCUT2D eigenvalue weighted by atomic mass is 80.0. The molecule has 0 aliphatic carbocycles. The molecule has 0 bridgehead atoms. The van der Waals surface area contributed by atoms with Gasteiger partial charge in [0.25, 0.3) is 0 Å². The molecule has 0 amide bonds. The van der Waals surface area contributed by atoms with Crippen LogP contribution in [0.4, 0.5) is 5.82 Å². The van der Waals surface area contributed by atoms with E-state index in [4.69, 9.17) is 24.3 Å². The molecular weight excluding hydrogens is 615 g/mol. The first kappa shape index (κ1) is 23.0. The summed E-state index contributed by atoms with van der Waals surface area (Å²) in [6.45, 7) is 2.16. The largest absolute Gasteiger partial charge is 0.408 e. The smallest absolute Gasteiger partial charge is 0.382 e. The first-order valence-corrected chi connectivity index (χ1v) is 13.0. The third-order valence-corrected chi connectivity index (χ3v) is 7.44. The molecule has 0 radical (unpaired) electrons. The zero-order valence-corrected chi connectivity index (χ0v) is 21.3. The number of anilines is 1. The van der Waals surface area contributed by atoms with Crippen LogP contribution in [0.15, 0.2) is 12.7 Å². The number of hydrogen-bond acceptors (Lipinski definition) is 9. The number of morpholine rings is 1. The van der Waals surface area contributed by atoms with Gasteiger partial charge in [-0.05, 0) is 0 Å². The molecule has 4 rings (SSSR count). The molecule has 30 heavy (non-hydrogen) atoms. The van der Waals surface area contributed by atoms with Gasteiger partial charge in [0.15, 0.2) is 13.6 Å². The second-order valence-electron chi connectivity index (χ2n) is 6.76. The van der Waals surface area contributed by atoms with Gasteiger partial charge in [-0.15, -0.1) is 0 Å². The van der Waals surface area contributed by atoms with E-state index < -0.39 is 16.0 Å². The number of nitrogen functional groups attached to an aromatic ring is 1. The standard InChI is InChI=1S/C15H20Br3N6O5P/c16-15(17,18)7-28-30(25,23-1-3-26-4-2-23)29-10-5-11(27-6-10)24-9-22-12-13(19)20-8-21-14(12)24/h8-11H,1-7H2,(H2,19,20,21)/t10?,11-,30?/m1/s1. The fraction of sp³-hybridized carbons (Fsp3) is 0.667. The fourth-order valence-corrected chi connectivity index (χ4v) is 6.01. The van der Waals surface area contributed by atoms with Gasteiger partial charge < -0.3 is 15.2 Å². The van der Waals surface area contributed by atoms with Crippen molar-refractivity contribution in [2.45, 2.75) is 20.9 Å². The highest BCUT2D eigenvalue weighted by molar-refractivity contribution is 9.39. The van der Waals surface area contributed by atoms with E-state index in [9.17, 15) is 4.57 Å². The lowest BCUT2D eigenvalue weighted by atomic mass is 10.3. The number of halogens is 3. The number of fused-ring (bicyclic) bond motifs is 1. The molecule has 2 aromatic heterocycles. The highest BCUT2D eigenvalue weighted by Gasteiger charge is 2.42. The second-order valence-corrected chi connectivity index (χ2v) is 16.0. The van der Waals surface area contributed by atoms with Gasteiger partial charge in [0.1, 0.15) is 18.1 Å². The van der Waals surface area contributed by atoms with Crippen molar-refractivity contribution in [3.05, 3.63) is 12.7 Å². The number of aromatic nitrogens is 4. The van der Waals surface area contributed by atoms with E-state index in [-0.39, 0.29) is 19.4 Å². The van der Waals surface area contributed by atoms with Crippen molar-refractivity contribution in [3.8, 4) is 0 Å². The Kier molecular flexibility index (Phi) is 7.17. The van der Waals surface area contributed by atoms with Crippen LogP contribution in [0.3, 0.4) is 0 Å². The van der Waals surface area contributed by atoms with Crippen molar-refractivity contribution in [2.75, 3.05) is 45.3 Å². The van der Waals surface area contributed by atoms with Gasteiger partial charge in [0.2, 0.25) is 0 Å². The molecule has 2 N–H and O–H groups in total. The molecule has 0 spiro atoms. The molecule has 2 fully saturated rings. The van der Waals surface area contributed by atoms with E-state index in [0.717, 1.165) is 0 Å². The summed E-state index contributed by atoms with van der Waals surface area (Å²) < 4.78 is 39.5. The fourth-order valence-electron chi connectivity index (χ4n) is 3.25. The molecule has 11 nitrogen and oxygen atoms in total. The normalized spacial score (nSPS) is 25.6. The maximum absolute atomic E-state index is 13.7. The number of alkyl halides is 3. The Balaban J connectivity index is 1.48. The Morgan fingerprint density at radius 2 is 2.03 bits per heavy atom. The first-order valence-electron chi connectivity index (χ1n) is 9.13. The molecule has 2 unspecified atom stereocenters. The summed E-state index contributed by atoms with van der Waals surface area (Å²) in [5.41, 5.74) is 6.94. The first-order chi connectivity index (χ1) is 14.3. The number of imidazole rings is 1. The van der Waals surface area contributed by atoms with Crippen LogP contribution in [0.5, 0.6) is 0 Å². The summed E-state index contributed by atoms with van der Waals surface area (Å²) in [5.74, 6) is 0.303. The van der Waals surface area contributed by atoms with Gasteiger partial charge in [0.05, 0.1) is 38.9 Å². The monoisotopic (exact) mass is 632 g/mol. The molecule has 166 valence electrons. The maximum atomic E-state index is 13.7. The lowest BCUT2D eigenvalue weighted by Crippen LogP contribution is -2.36. The second kappa shape index (κ2) is 9.36.